The molecule has 0 radical (unpaired) electrons. The monoisotopic (exact) mass is 352 g/mol. The van der Waals surface area contributed by atoms with Crippen molar-refractivity contribution in [3.8, 4) is 5.69 Å². The van der Waals surface area contributed by atoms with Gasteiger partial charge in [0.1, 0.15) is 5.82 Å². The number of anilines is 1. The van der Waals surface area contributed by atoms with E-state index in [1.807, 2.05) is 63.2 Å². The van der Waals surface area contributed by atoms with Gasteiger partial charge in [-0.3, -0.25) is 4.79 Å². The fourth-order valence-corrected chi connectivity index (χ4v) is 2.97. The van der Waals surface area contributed by atoms with Gasteiger partial charge in [0, 0.05) is 12.3 Å². The molecule has 0 atom stereocenters. The number of rotatable bonds is 5. The zero-order valence-corrected chi connectivity index (χ0v) is 15.3. The van der Waals surface area contributed by atoms with Gasteiger partial charge in [0.15, 0.2) is 0 Å². The number of amides is 1. The second kappa shape index (κ2) is 7.53. The Balaban J connectivity index is 1.69. The molecule has 0 aliphatic carbocycles. The minimum absolute atomic E-state index is 0.0827. The van der Waals surface area contributed by atoms with Crippen LogP contribution in [0.15, 0.2) is 53.7 Å². The van der Waals surface area contributed by atoms with E-state index >= 15 is 0 Å². The van der Waals surface area contributed by atoms with Crippen LogP contribution in [-0.2, 0) is 4.79 Å². The highest BCUT2D eigenvalue weighted by molar-refractivity contribution is 7.99. The molecule has 6 heteroatoms. The molecular formula is C19H20N4OS. The minimum Gasteiger partial charge on any atom is -0.310 e. The van der Waals surface area contributed by atoms with Gasteiger partial charge in [-0.1, -0.05) is 35.5 Å². The molecule has 2 aromatic heterocycles. The SMILES string of the molecule is Cc1ccc(-n2nc(C)cc2NC(=O)CSc2ccc(C)cn2)cc1. The van der Waals surface area contributed by atoms with Crippen molar-refractivity contribution in [3.05, 3.63) is 65.5 Å². The molecule has 1 amide bonds. The summed E-state index contributed by atoms with van der Waals surface area (Å²) < 4.78 is 1.75. The first kappa shape index (κ1) is 17.2. The van der Waals surface area contributed by atoms with E-state index in [1.165, 1.54) is 17.3 Å². The van der Waals surface area contributed by atoms with Gasteiger partial charge in [0.25, 0.3) is 0 Å². The van der Waals surface area contributed by atoms with Crippen LogP contribution in [0.2, 0.25) is 0 Å². The molecule has 1 aromatic carbocycles. The van der Waals surface area contributed by atoms with Crippen LogP contribution in [0.25, 0.3) is 5.69 Å². The number of pyridine rings is 1. The molecule has 5 nitrogen and oxygen atoms in total. The maximum Gasteiger partial charge on any atom is 0.235 e. The first-order valence-corrected chi connectivity index (χ1v) is 8.99. The van der Waals surface area contributed by atoms with Crippen LogP contribution in [0.5, 0.6) is 0 Å². The number of nitrogens with zero attached hydrogens (tertiary/aromatic N) is 3. The first-order chi connectivity index (χ1) is 12.0. The zero-order chi connectivity index (χ0) is 17.8. The number of aryl methyl sites for hydroxylation is 3. The van der Waals surface area contributed by atoms with Gasteiger partial charge in [-0.2, -0.15) is 5.10 Å². The second-order valence-corrected chi connectivity index (χ2v) is 6.92. The fraction of sp³-hybridized carbons (Fsp3) is 0.211. The zero-order valence-electron chi connectivity index (χ0n) is 14.5. The van der Waals surface area contributed by atoms with E-state index in [0.29, 0.717) is 11.6 Å². The maximum absolute atomic E-state index is 12.3. The maximum atomic E-state index is 12.3. The summed E-state index contributed by atoms with van der Waals surface area (Å²) in [5.74, 6) is 0.887. The molecule has 2 heterocycles. The number of nitrogens with one attached hydrogen (secondary N) is 1. The van der Waals surface area contributed by atoms with Gasteiger partial charge >= 0.3 is 0 Å². The Morgan fingerprint density at radius 1 is 1.08 bits per heavy atom. The highest BCUT2D eigenvalue weighted by Gasteiger charge is 2.11. The summed E-state index contributed by atoms with van der Waals surface area (Å²) in [4.78, 5) is 16.6. The van der Waals surface area contributed by atoms with Gasteiger partial charge in [-0.25, -0.2) is 9.67 Å². The molecule has 3 aromatic rings. The molecule has 128 valence electrons. The Kier molecular flexibility index (Phi) is 5.19. The average Bonchev–Trinajstić information content (AvgIpc) is 2.95. The van der Waals surface area contributed by atoms with Crippen molar-refractivity contribution in [1.82, 2.24) is 14.8 Å². The van der Waals surface area contributed by atoms with Gasteiger partial charge in [-0.15, -0.1) is 0 Å². The Bertz CT molecular complexity index is 869. The van der Waals surface area contributed by atoms with Crippen molar-refractivity contribution in [2.75, 3.05) is 11.1 Å². The van der Waals surface area contributed by atoms with Crippen LogP contribution in [0, 0.1) is 20.8 Å². The smallest absolute Gasteiger partial charge is 0.235 e. The Hall–Kier alpha value is -2.60. The molecule has 0 aliphatic rings. The largest absolute Gasteiger partial charge is 0.310 e. The van der Waals surface area contributed by atoms with E-state index in [1.54, 1.807) is 10.9 Å². The van der Waals surface area contributed by atoms with Gasteiger partial charge < -0.3 is 5.32 Å². The number of benzene rings is 1. The standard InChI is InChI=1S/C19H20N4OS/c1-13-4-7-16(8-5-13)23-17(10-15(3)22-23)21-18(24)12-25-19-9-6-14(2)11-20-19/h4-11H,12H2,1-3H3,(H,21,24). The molecule has 0 saturated carbocycles. The van der Waals surface area contributed by atoms with Crippen molar-refractivity contribution in [3.63, 3.8) is 0 Å². The summed E-state index contributed by atoms with van der Waals surface area (Å²) in [7, 11) is 0. The highest BCUT2D eigenvalue weighted by atomic mass is 32.2. The second-order valence-electron chi connectivity index (χ2n) is 5.93. The number of hydrogen-bond acceptors (Lipinski definition) is 4. The summed E-state index contributed by atoms with van der Waals surface area (Å²) in [6.07, 6.45) is 1.80. The van der Waals surface area contributed by atoms with Crippen molar-refractivity contribution in [2.24, 2.45) is 0 Å². The van der Waals surface area contributed by atoms with Crippen LogP contribution in [0.4, 0.5) is 5.82 Å². The molecule has 0 spiro atoms. The third-order valence-electron chi connectivity index (χ3n) is 3.61. The summed E-state index contributed by atoms with van der Waals surface area (Å²) in [6.45, 7) is 5.94. The van der Waals surface area contributed by atoms with Crippen molar-refractivity contribution in [2.45, 2.75) is 25.8 Å². The Labute approximate surface area is 151 Å². The third-order valence-corrected chi connectivity index (χ3v) is 4.56. The van der Waals surface area contributed by atoms with Crippen molar-refractivity contribution >= 4 is 23.5 Å². The third kappa shape index (κ3) is 4.48. The molecule has 1 N–H and O–H groups in total. The van der Waals surface area contributed by atoms with Gasteiger partial charge in [-0.05, 0) is 44.5 Å². The van der Waals surface area contributed by atoms with Gasteiger partial charge in [0.2, 0.25) is 5.91 Å². The van der Waals surface area contributed by atoms with E-state index in [-0.39, 0.29) is 5.91 Å². The molecule has 25 heavy (non-hydrogen) atoms. The molecule has 0 aliphatic heterocycles. The van der Waals surface area contributed by atoms with Crippen molar-refractivity contribution in [1.29, 1.82) is 0 Å². The normalized spacial score (nSPS) is 10.7. The predicted octanol–water partition coefficient (Wildman–Crippen LogP) is 3.92. The highest BCUT2D eigenvalue weighted by Crippen LogP contribution is 2.19. The molecule has 0 unspecified atom stereocenters. The molecule has 0 fully saturated rings. The van der Waals surface area contributed by atoms with Crippen LogP contribution >= 0.6 is 11.8 Å². The quantitative estimate of drug-likeness (QED) is 0.707. The minimum atomic E-state index is -0.0827. The summed E-state index contributed by atoms with van der Waals surface area (Å²) in [5.41, 5.74) is 4.05. The van der Waals surface area contributed by atoms with E-state index in [4.69, 9.17) is 0 Å². The number of hydrogen-bond donors (Lipinski definition) is 1. The van der Waals surface area contributed by atoms with Crippen LogP contribution < -0.4 is 5.32 Å². The summed E-state index contributed by atoms with van der Waals surface area (Å²) in [5, 5.41) is 8.25. The molecule has 3 rings (SSSR count). The lowest BCUT2D eigenvalue weighted by atomic mass is 10.2. The lowest BCUT2D eigenvalue weighted by Gasteiger charge is -2.09. The lowest BCUT2D eigenvalue weighted by Crippen LogP contribution is -2.17. The van der Waals surface area contributed by atoms with Crippen molar-refractivity contribution < 1.29 is 4.79 Å². The van der Waals surface area contributed by atoms with Crippen LogP contribution in [0.1, 0.15) is 16.8 Å². The number of aromatic nitrogens is 3. The number of carbonyl (C=O) groups excluding carboxylic acids is 1. The fourth-order valence-electron chi connectivity index (χ4n) is 2.33. The lowest BCUT2D eigenvalue weighted by molar-refractivity contribution is -0.113. The van der Waals surface area contributed by atoms with Crippen LogP contribution in [-0.4, -0.2) is 26.4 Å². The first-order valence-electron chi connectivity index (χ1n) is 8.00. The number of thioether (sulfide) groups is 1. The number of carbonyl (C=O) groups is 1. The van der Waals surface area contributed by atoms with E-state index < -0.39 is 0 Å². The average molecular weight is 352 g/mol. The molecular weight excluding hydrogens is 332 g/mol. The molecule has 0 saturated heterocycles. The van der Waals surface area contributed by atoms with Crippen LogP contribution in [0.3, 0.4) is 0 Å². The topological polar surface area (TPSA) is 59.8 Å². The van der Waals surface area contributed by atoms with Gasteiger partial charge in [0.05, 0.1) is 22.2 Å². The predicted molar refractivity (Wildman–Crippen MR) is 101 cm³/mol. The Morgan fingerprint density at radius 3 is 2.48 bits per heavy atom. The van der Waals surface area contributed by atoms with E-state index in [2.05, 4.69) is 15.4 Å². The summed E-state index contributed by atoms with van der Waals surface area (Å²) in [6, 6.07) is 13.8. The molecule has 0 bridgehead atoms. The van der Waals surface area contributed by atoms with E-state index in [0.717, 1.165) is 22.0 Å². The Morgan fingerprint density at radius 2 is 1.80 bits per heavy atom. The summed E-state index contributed by atoms with van der Waals surface area (Å²) >= 11 is 1.41. The van der Waals surface area contributed by atoms with E-state index in [9.17, 15) is 4.79 Å².